The van der Waals surface area contributed by atoms with Crippen molar-refractivity contribution in [2.24, 2.45) is 0 Å². The van der Waals surface area contributed by atoms with Gasteiger partial charge in [-0.25, -0.2) is 13.1 Å². The van der Waals surface area contributed by atoms with E-state index in [0.717, 1.165) is 15.6 Å². The minimum Gasteiger partial charge on any atom is -0.484 e. The average molecular weight is 517 g/mol. The summed E-state index contributed by atoms with van der Waals surface area (Å²) in [5.74, 6) is 0.190. The van der Waals surface area contributed by atoms with E-state index in [2.05, 4.69) is 26.0 Å². The Bertz CT molecular complexity index is 1180. The molecule has 0 bridgehead atoms. The van der Waals surface area contributed by atoms with Crippen molar-refractivity contribution < 1.29 is 17.9 Å². The molecule has 1 unspecified atom stereocenters. The van der Waals surface area contributed by atoms with Gasteiger partial charge in [-0.2, -0.15) is 0 Å². The number of amides is 1. The number of carbonyl (C=O) groups is 1. The van der Waals surface area contributed by atoms with Crippen LogP contribution in [0.4, 0.5) is 0 Å². The maximum Gasteiger partial charge on any atom is 0.258 e. The summed E-state index contributed by atoms with van der Waals surface area (Å²) in [6.45, 7) is 3.68. The van der Waals surface area contributed by atoms with Gasteiger partial charge in [0.15, 0.2) is 6.61 Å². The van der Waals surface area contributed by atoms with E-state index in [1.54, 1.807) is 13.0 Å². The van der Waals surface area contributed by atoms with E-state index in [1.165, 1.54) is 12.1 Å². The number of sulfonamides is 1. The molecule has 0 heterocycles. The quantitative estimate of drug-likeness (QED) is 0.438. The summed E-state index contributed by atoms with van der Waals surface area (Å²) in [5.41, 5.74) is 2.47. The second-order valence-electron chi connectivity index (χ2n) is 7.37. The van der Waals surface area contributed by atoms with E-state index < -0.39 is 10.0 Å². The molecule has 0 aromatic heterocycles. The molecule has 6 nitrogen and oxygen atoms in total. The molecule has 1 atom stereocenters. The zero-order valence-corrected chi connectivity index (χ0v) is 20.2. The Morgan fingerprint density at radius 3 is 2.47 bits per heavy atom. The van der Waals surface area contributed by atoms with Crippen LogP contribution in [0.2, 0.25) is 0 Å². The van der Waals surface area contributed by atoms with Crippen LogP contribution in [0.15, 0.2) is 82.2 Å². The highest BCUT2D eigenvalue weighted by molar-refractivity contribution is 9.10. The normalized spacial score (nSPS) is 12.2. The first-order valence-corrected chi connectivity index (χ1v) is 12.3. The van der Waals surface area contributed by atoms with Gasteiger partial charge in [0.25, 0.3) is 5.91 Å². The number of aryl methyl sites for hydroxylation is 1. The van der Waals surface area contributed by atoms with E-state index in [1.807, 2.05) is 61.5 Å². The van der Waals surface area contributed by atoms with E-state index in [4.69, 9.17) is 4.74 Å². The van der Waals surface area contributed by atoms with Gasteiger partial charge in [-0.1, -0.05) is 58.4 Å². The van der Waals surface area contributed by atoms with Gasteiger partial charge in [-0.15, -0.1) is 0 Å². The predicted molar refractivity (Wildman–Crippen MR) is 128 cm³/mol. The van der Waals surface area contributed by atoms with Crippen LogP contribution in [-0.2, 0) is 21.4 Å². The minimum absolute atomic E-state index is 0.144. The van der Waals surface area contributed by atoms with Crippen molar-refractivity contribution in [2.75, 3.05) is 6.61 Å². The molecule has 3 aromatic rings. The molecule has 0 aliphatic carbocycles. The van der Waals surface area contributed by atoms with Gasteiger partial charge in [-0.05, 0) is 60.9 Å². The molecule has 0 fully saturated rings. The second-order valence-corrected chi connectivity index (χ2v) is 10.1. The van der Waals surface area contributed by atoms with Gasteiger partial charge in [0.05, 0.1) is 10.9 Å². The van der Waals surface area contributed by atoms with Crippen LogP contribution in [-0.4, -0.2) is 20.9 Å². The van der Waals surface area contributed by atoms with Crippen molar-refractivity contribution >= 4 is 31.9 Å². The van der Waals surface area contributed by atoms with Crippen LogP contribution < -0.4 is 14.8 Å². The van der Waals surface area contributed by atoms with Crippen molar-refractivity contribution in [3.8, 4) is 5.75 Å². The monoisotopic (exact) mass is 516 g/mol. The summed E-state index contributed by atoms with van der Waals surface area (Å²) < 4.78 is 34.3. The SMILES string of the molecule is Cc1cc(S(=O)(=O)NCc2ccccc2)ccc1OCC(=O)NC(C)c1cccc(Br)c1. The number of rotatable bonds is 9. The number of hydrogen-bond donors (Lipinski definition) is 2. The number of benzene rings is 3. The van der Waals surface area contributed by atoms with E-state index in [9.17, 15) is 13.2 Å². The van der Waals surface area contributed by atoms with Crippen molar-refractivity contribution in [1.82, 2.24) is 10.0 Å². The molecule has 0 aliphatic rings. The maximum atomic E-state index is 12.6. The Labute approximate surface area is 197 Å². The highest BCUT2D eigenvalue weighted by atomic mass is 79.9. The van der Waals surface area contributed by atoms with Crippen molar-refractivity contribution in [3.05, 3.63) is 94.0 Å². The number of hydrogen-bond acceptors (Lipinski definition) is 4. The molecular formula is C24H25BrN2O4S. The highest BCUT2D eigenvalue weighted by Crippen LogP contribution is 2.22. The second kappa shape index (κ2) is 10.8. The lowest BCUT2D eigenvalue weighted by Gasteiger charge is -2.16. The van der Waals surface area contributed by atoms with Crippen LogP contribution >= 0.6 is 15.9 Å². The third-order valence-electron chi connectivity index (χ3n) is 4.85. The molecule has 0 radical (unpaired) electrons. The lowest BCUT2D eigenvalue weighted by molar-refractivity contribution is -0.123. The van der Waals surface area contributed by atoms with Crippen LogP contribution in [0.25, 0.3) is 0 Å². The first-order valence-electron chi connectivity index (χ1n) is 10.1. The average Bonchev–Trinajstić information content (AvgIpc) is 2.77. The molecule has 3 rings (SSSR count). The van der Waals surface area contributed by atoms with E-state index >= 15 is 0 Å². The molecule has 3 aromatic carbocycles. The molecule has 0 spiro atoms. The standard InChI is InChI=1S/C24H25BrN2O4S/c1-17-13-22(32(29,30)26-15-19-7-4-3-5-8-19)11-12-23(17)31-16-24(28)27-18(2)20-9-6-10-21(25)14-20/h3-14,18,26H,15-16H2,1-2H3,(H,27,28). The third-order valence-corrected chi connectivity index (χ3v) is 6.74. The zero-order chi connectivity index (χ0) is 23.1. The minimum atomic E-state index is -3.67. The van der Waals surface area contributed by atoms with Crippen LogP contribution in [0.5, 0.6) is 5.75 Å². The Balaban J connectivity index is 1.57. The fraction of sp³-hybridized carbons (Fsp3) is 0.208. The Morgan fingerprint density at radius 1 is 1.03 bits per heavy atom. The molecule has 8 heteroatoms. The summed E-state index contributed by atoms with van der Waals surface area (Å²) in [5, 5.41) is 2.89. The summed E-state index contributed by atoms with van der Waals surface area (Å²) in [7, 11) is -3.67. The predicted octanol–water partition coefficient (Wildman–Crippen LogP) is 4.49. The molecule has 1 amide bonds. The molecule has 32 heavy (non-hydrogen) atoms. The lowest BCUT2D eigenvalue weighted by Crippen LogP contribution is -2.31. The largest absolute Gasteiger partial charge is 0.484 e. The molecular weight excluding hydrogens is 492 g/mol. The van der Waals surface area contributed by atoms with E-state index in [-0.39, 0.29) is 30.0 Å². The first kappa shape index (κ1) is 24.0. The molecule has 168 valence electrons. The van der Waals surface area contributed by atoms with Gasteiger partial charge in [0.2, 0.25) is 10.0 Å². The van der Waals surface area contributed by atoms with Crippen molar-refractivity contribution in [1.29, 1.82) is 0 Å². The lowest BCUT2D eigenvalue weighted by atomic mass is 10.1. The molecule has 0 saturated heterocycles. The van der Waals surface area contributed by atoms with Gasteiger partial charge in [0, 0.05) is 11.0 Å². The topological polar surface area (TPSA) is 84.5 Å². The smallest absolute Gasteiger partial charge is 0.258 e. The number of ether oxygens (including phenoxy) is 1. The highest BCUT2D eigenvalue weighted by Gasteiger charge is 2.16. The zero-order valence-electron chi connectivity index (χ0n) is 17.8. The first-order chi connectivity index (χ1) is 15.2. The summed E-state index contributed by atoms with van der Waals surface area (Å²) in [6.07, 6.45) is 0. The van der Waals surface area contributed by atoms with Gasteiger partial charge < -0.3 is 10.1 Å². The van der Waals surface area contributed by atoms with Crippen LogP contribution in [0, 0.1) is 6.92 Å². The molecule has 0 saturated carbocycles. The van der Waals surface area contributed by atoms with Gasteiger partial charge in [0.1, 0.15) is 5.75 Å². The van der Waals surface area contributed by atoms with Crippen LogP contribution in [0.3, 0.4) is 0 Å². The Kier molecular flexibility index (Phi) is 8.06. The van der Waals surface area contributed by atoms with Gasteiger partial charge >= 0.3 is 0 Å². The van der Waals surface area contributed by atoms with Crippen molar-refractivity contribution in [3.63, 3.8) is 0 Å². The number of carbonyl (C=O) groups excluding carboxylic acids is 1. The van der Waals surface area contributed by atoms with E-state index in [0.29, 0.717) is 11.3 Å². The molecule has 0 aliphatic heterocycles. The number of nitrogens with one attached hydrogen (secondary N) is 2. The molecule has 2 N–H and O–H groups in total. The summed E-state index contributed by atoms with van der Waals surface area (Å²) >= 11 is 3.42. The summed E-state index contributed by atoms with van der Waals surface area (Å²) in [6, 6.07) is 21.4. The summed E-state index contributed by atoms with van der Waals surface area (Å²) in [4.78, 5) is 12.4. The third kappa shape index (κ3) is 6.66. The van der Waals surface area contributed by atoms with Gasteiger partial charge in [-0.3, -0.25) is 4.79 Å². The van der Waals surface area contributed by atoms with Crippen molar-refractivity contribution in [2.45, 2.75) is 31.3 Å². The van der Waals surface area contributed by atoms with Crippen LogP contribution in [0.1, 0.15) is 29.7 Å². The Morgan fingerprint density at radius 2 is 1.78 bits per heavy atom. The fourth-order valence-corrected chi connectivity index (χ4v) is 4.61. The maximum absolute atomic E-state index is 12.6. The Hall–Kier alpha value is -2.68. The number of halogens is 1. The fourth-order valence-electron chi connectivity index (χ4n) is 3.09.